The number of nitrogens with one attached hydrogen (secondary N) is 1. The van der Waals surface area contributed by atoms with Gasteiger partial charge in [0.05, 0.1) is 0 Å². The summed E-state index contributed by atoms with van der Waals surface area (Å²) >= 11 is 3.33. The van der Waals surface area contributed by atoms with Crippen molar-refractivity contribution < 1.29 is 0 Å². The second-order valence-corrected chi connectivity index (χ2v) is 2.74. The number of hydrogen-bond acceptors (Lipinski definition) is 2. The maximum atomic E-state index is 3.98. The highest BCUT2D eigenvalue weighted by Gasteiger charge is 1.94. The van der Waals surface area contributed by atoms with Gasteiger partial charge in [-0.2, -0.15) is 5.10 Å². The molecule has 0 aliphatic rings. The van der Waals surface area contributed by atoms with Crippen LogP contribution in [0.25, 0.3) is 0 Å². The predicted molar refractivity (Wildman–Crippen MR) is 51.0 cm³/mol. The molecule has 0 aliphatic heterocycles. The Kier molecular flexibility index (Phi) is 3.11. The smallest absolute Gasteiger partial charge is 0.133 e. The van der Waals surface area contributed by atoms with Gasteiger partial charge in [-0.25, -0.2) is 0 Å². The first-order chi connectivity index (χ1) is 5.34. The van der Waals surface area contributed by atoms with Gasteiger partial charge in [0.15, 0.2) is 0 Å². The lowest BCUT2D eigenvalue weighted by Gasteiger charge is -1.96. The maximum Gasteiger partial charge on any atom is 0.133 e. The molecule has 1 rings (SSSR count). The Hall–Kier alpha value is -0.830. The van der Waals surface area contributed by atoms with E-state index in [-0.39, 0.29) is 0 Å². The number of halogens is 1. The van der Waals surface area contributed by atoms with Crippen LogP contribution in [-0.2, 0) is 0 Å². The molecule has 0 fully saturated rings. The summed E-state index contributed by atoms with van der Waals surface area (Å²) in [4.78, 5) is 0. The predicted octanol–water partition coefficient (Wildman–Crippen LogP) is 1.96. The van der Waals surface area contributed by atoms with E-state index in [0.29, 0.717) is 0 Å². The topological polar surface area (TPSA) is 24.4 Å². The molecule has 0 aliphatic carbocycles. The molecule has 0 unspecified atom stereocenters. The molecule has 1 aromatic rings. The lowest BCUT2D eigenvalue weighted by Crippen LogP contribution is -1.99. The summed E-state index contributed by atoms with van der Waals surface area (Å²) in [5, 5.41) is 3.98. The molecule has 0 heterocycles. The van der Waals surface area contributed by atoms with E-state index in [0.717, 1.165) is 10.2 Å². The molecule has 0 bridgehead atoms. The summed E-state index contributed by atoms with van der Waals surface area (Å²) in [7, 11) is 1.77. The summed E-state index contributed by atoms with van der Waals surface area (Å²) < 4.78 is 0.820. The standard InChI is InChI=1S/C8H9BrN2/c1-10-11-8(9)7-5-3-2-4-6-7/h2-6,10H,1H3/b11-8-. The third kappa shape index (κ3) is 2.35. The Morgan fingerprint density at radius 3 is 2.55 bits per heavy atom. The van der Waals surface area contributed by atoms with Crippen LogP contribution < -0.4 is 5.43 Å². The van der Waals surface area contributed by atoms with E-state index in [9.17, 15) is 0 Å². The quantitative estimate of drug-likeness (QED) is 0.589. The van der Waals surface area contributed by atoms with Gasteiger partial charge < -0.3 is 5.43 Å². The number of nitrogens with zero attached hydrogens (tertiary/aromatic N) is 1. The van der Waals surface area contributed by atoms with Crippen molar-refractivity contribution in [1.29, 1.82) is 0 Å². The first kappa shape index (κ1) is 8.27. The first-order valence-corrected chi connectivity index (χ1v) is 4.09. The van der Waals surface area contributed by atoms with Crippen molar-refractivity contribution in [3.63, 3.8) is 0 Å². The van der Waals surface area contributed by atoms with Crippen LogP contribution in [0.5, 0.6) is 0 Å². The van der Waals surface area contributed by atoms with Gasteiger partial charge in [-0.05, 0) is 15.9 Å². The molecule has 3 heteroatoms. The summed E-state index contributed by atoms with van der Waals surface area (Å²) in [6, 6.07) is 9.91. The monoisotopic (exact) mass is 212 g/mol. The van der Waals surface area contributed by atoms with Crippen LogP contribution in [0.3, 0.4) is 0 Å². The minimum absolute atomic E-state index is 0.820. The molecule has 0 aromatic heterocycles. The minimum Gasteiger partial charge on any atom is -0.312 e. The van der Waals surface area contributed by atoms with E-state index in [4.69, 9.17) is 0 Å². The van der Waals surface area contributed by atoms with Crippen LogP contribution in [0, 0.1) is 0 Å². The molecule has 1 aromatic carbocycles. The Morgan fingerprint density at radius 2 is 2.00 bits per heavy atom. The zero-order valence-corrected chi connectivity index (χ0v) is 7.80. The lowest BCUT2D eigenvalue weighted by molar-refractivity contribution is 0.906. The third-order valence-electron chi connectivity index (χ3n) is 1.22. The molecule has 11 heavy (non-hydrogen) atoms. The molecular weight excluding hydrogens is 204 g/mol. The summed E-state index contributed by atoms with van der Waals surface area (Å²) in [6.45, 7) is 0. The van der Waals surface area contributed by atoms with Crippen LogP contribution in [-0.4, -0.2) is 11.7 Å². The van der Waals surface area contributed by atoms with Crippen molar-refractivity contribution in [3.05, 3.63) is 35.9 Å². The van der Waals surface area contributed by atoms with Gasteiger partial charge in [-0.3, -0.25) is 0 Å². The van der Waals surface area contributed by atoms with Crippen LogP contribution in [0.15, 0.2) is 35.4 Å². The molecule has 0 spiro atoms. The van der Waals surface area contributed by atoms with Crippen molar-refractivity contribution in [2.24, 2.45) is 5.10 Å². The highest BCUT2D eigenvalue weighted by molar-refractivity contribution is 9.18. The average Bonchev–Trinajstić information content (AvgIpc) is 2.07. The van der Waals surface area contributed by atoms with E-state index >= 15 is 0 Å². The zero-order chi connectivity index (χ0) is 8.10. The maximum absolute atomic E-state index is 3.98. The Bertz CT molecular complexity index is 244. The normalized spacial score (nSPS) is 11.3. The Labute approximate surface area is 74.4 Å². The van der Waals surface area contributed by atoms with Crippen molar-refractivity contribution in [1.82, 2.24) is 5.43 Å². The van der Waals surface area contributed by atoms with E-state index in [1.54, 1.807) is 7.05 Å². The van der Waals surface area contributed by atoms with Gasteiger partial charge in [-0.1, -0.05) is 30.3 Å². The Balaban J connectivity index is 2.85. The Morgan fingerprint density at radius 1 is 1.36 bits per heavy atom. The largest absolute Gasteiger partial charge is 0.312 e. The summed E-state index contributed by atoms with van der Waals surface area (Å²) in [6.07, 6.45) is 0. The molecule has 0 saturated carbocycles. The van der Waals surface area contributed by atoms with Gasteiger partial charge in [0.2, 0.25) is 0 Å². The van der Waals surface area contributed by atoms with Gasteiger partial charge in [0.1, 0.15) is 4.62 Å². The second-order valence-electron chi connectivity index (χ2n) is 1.99. The van der Waals surface area contributed by atoms with Crippen molar-refractivity contribution in [2.45, 2.75) is 0 Å². The van der Waals surface area contributed by atoms with E-state index in [1.165, 1.54) is 0 Å². The molecule has 0 atom stereocenters. The molecule has 0 radical (unpaired) electrons. The van der Waals surface area contributed by atoms with Crippen molar-refractivity contribution >= 4 is 20.6 Å². The molecule has 58 valence electrons. The van der Waals surface area contributed by atoms with Gasteiger partial charge in [0, 0.05) is 12.6 Å². The molecule has 2 nitrogen and oxygen atoms in total. The summed E-state index contributed by atoms with van der Waals surface area (Å²) in [5.41, 5.74) is 3.78. The number of hydrazone groups is 1. The number of benzene rings is 1. The van der Waals surface area contributed by atoms with E-state index < -0.39 is 0 Å². The first-order valence-electron chi connectivity index (χ1n) is 3.30. The second kappa shape index (κ2) is 4.13. The SMILES string of the molecule is CN/N=C(\Br)c1ccccc1. The summed E-state index contributed by atoms with van der Waals surface area (Å²) in [5.74, 6) is 0. The van der Waals surface area contributed by atoms with Crippen LogP contribution in [0.2, 0.25) is 0 Å². The van der Waals surface area contributed by atoms with Crippen LogP contribution in [0.4, 0.5) is 0 Å². The average molecular weight is 213 g/mol. The van der Waals surface area contributed by atoms with E-state index in [2.05, 4.69) is 26.5 Å². The van der Waals surface area contributed by atoms with Gasteiger partial charge in [-0.15, -0.1) is 0 Å². The van der Waals surface area contributed by atoms with Crippen LogP contribution >= 0.6 is 15.9 Å². The van der Waals surface area contributed by atoms with Gasteiger partial charge in [0.25, 0.3) is 0 Å². The molecule has 0 amide bonds. The molecular formula is C8H9BrN2. The van der Waals surface area contributed by atoms with Crippen molar-refractivity contribution in [2.75, 3.05) is 7.05 Å². The highest BCUT2D eigenvalue weighted by atomic mass is 79.9. The fourth-order valence-corrected chi connectivity index (χ4v) is 1.18. The fraction of sp³-hybridized carbons (Fsp3) is 0.125. The number of rotatable bonds is 2. The van der Waals surface area contributed by atoms with Crippen molar-refractivity contribution in [3.8, 4) is 0 Å². The fourth-order valence-electron chi connectivity index (χ4n) is 0.738. The molecule has 1 N–H and O–H groups in total. The zero-order valence-electron chi connectivity index (χ0n) is 6.21. The van der Waals surface area contributed by atoms with E-state index in [1.807, 2.05) is 30.3 Å². The lowest BCUT2D eigenvalue weighted by atomic mass is 10.2. The third-order valence-corrected chi connectivity index (χ3v) is 1.86. The van der Waals surface area contributed by atoms with Crippen LogP contribution in [0.1, 0.15) is 5.56 Å². The minimum atomic E-state index is 0.820. The van der Waals surface area contributed by atoms with Gasteiger partial charge >= 0.3 is 0 Å². The number of hydrogen-bond donors (Lipinski definition) is 1. The highest BCUT2D eigenvalue weighted by Crippen LogP contribution is 2.04. The molecule has 0 saturated heterocycles.